The summed E-state index contributed by atoms with van der Waals surface area (Å²) in [7, 11) is -3.31. The summed E-state index contributed by atoms with van der Waals surface area (Å²) >= 11 is 0. The van der Waals surface area contributed by atoms with Crippen LogP contribution in [0.15, 0.2) is 18.2 Å². The van der Waals surface area contributed by atoms with Gasteiger partial charge in [0.2, 0.25) is 0 Å². The Kier molecular flexibility index (Phi) is 4.17. The van der Waals surface area contributed by atoms with Crippen LogP contribution in [0.1, 0.15) is 10.4 Å². The zero-order chi connectivity index (χ0) is 14.6. The van der Waals surface area contributed by atoms with Crippen LogP contribution in [0.3, 0.4) is 0 Å². The van der Waals surface area contributed by atoms with Crippen molar-refractivity contribution in [2.24, 2.45) is 0 Å². The fourth-order valence-corrected chi connectivity index (χ4v) is 1.89. The SMILES string of the molecule is COC(=O)NS(=O)(=O)Nc1ccc(C(=O)O)cc1O. The molecule has 0 aliphatic rings. The molecule has 0 atom stereocenters. The van der Waals surface area contributed by atoms with Crippen LogP contribution in [0.2, 0.25) is 0 Å². The van der Waals surface area contributed by atoms with Gasteiger partial charge < -0.3 is 14.9 Å². The van der Waals surface area contributed by atoms with Crippen LogP contribution in [0.5, 0.6) is 5.75 Å². The van der Waals surface area contributed by atoms with E-state index in [1.54, 1.807) is 0 Å². The highest BCUT2D eigenvalue weighted by molar-refractivity contribution is 7.91. The monoisotopic (exact) mass is 290 g/mol. The van der Waals surface area contributed by atoms with Gasteiger partial charge in [-0.3, -0.25) is 4.72 Å². The topological polar surface area (TPSA) is 142 Å². The van der Waals surface area contributed by atoms with Crippen molar-refractivity contribution in [2.45, 2.75) is 0 Å². The van der Waals surface area contributed by atoms with Gasteiger partial charge in [0, 0.05) is 0 Å². The number of phenolic OH excluding ortho intramolecular Hbond substituents is 1. The summed E-state index contributed by atoms with van der Waals surface area (Å²) in [5, 5.41) is 18.1. The van der Waals surface area contributed by atoms with E-state index in [2.05, 4.69) is 4.74 Å². The quantitative estimate of drug-likeness (QED) is 0.576. The summed E-state index contributed by atoms with van der Waals surface area (Å²) in [4.78, 5) is 21.4. The molecule has 104 valence electrons. The van der Waals surface area contributed by atoms with Gasteiger partial charge in [0.15, 0.2) is 0 Å². The lowest BCUT2D eigenvalue weighted by atomic mass is 10.2. The van der Waals surface area contributed by atoms with E-state index >= 15 is 0 Å². The molecule has 0 aliphatic carbocycles. The summed E-state index contributed by atoms with van der Waals surface area (Å²) in [5.74, 6) is -1.88. The van der Waals surface area contributed by atoms with Gasteiger partial charge in [-0.1, -0.05) is 0 Å². The predicted molar refractivity (Wildman–Crippen MR) is 63.1 cm³/mol. The van der Waals surface area contributed by atoms with Crippen molar-refractivity contribution in [2.75, 3.05) is 11.8 Å². The van der Waals surface area contributed by atoms with E-state index in [0.717, 1.165) is 25.3 Å². The molecule has 1 amide bonds. The highest BCUT2D eigenvalue weighted by Crippen LogP contribution is 2.24. The number of rotatable bonds is 4. The van der Waals surface area contributed by atoms with Gasteiger partial charge in [-0.05, 0) is 18.2 Å². The maximum atomic E-state index is 11.4. The lowest BCUT2D eigenvalue weighted by Crippen LogP contribution is -2.35. The van der Waals surface area contributed by atoms with Crippen LogP contribution >= 0.6 is 0 Å². The number of phenols is 1. The molecule has 0 bridgehead atoms. The third-order valence-corrected chi connectivity index (χ3v) is 2.82. The summed E-state index contributed by atoms with van der Waals surface area (Å²) in [5.41, 5.74) is -0.511. The van der Waals surface area contributed by atoms with Crippen LogP contribution in [-0.2, 0) is 14.9 Å². The Labute approximate surface area is 108 Å². The van der Waals surface area contributed by atoms with Gasteiger partial charge in [0.1, 0.15) is 5.75 Å². The second-order valence-electron chi connectivity index (χ2n) is 3.24. The van der Waals surface area contributed by atoms with Crippen LogP contribution in [0.25, 0.3) is 0 Å². The zero-order valence-electron chi connectivity index (χ0n) is 9.58. The second kappa shape index (κ2) is 5.44. The van der Waals surface area contributed by atoms with Gasteiger partial charge in [-0.25, -0.2) is 14.3 Å². The number of aromatic carboxylic acids is 1. The van der Waals surface area contributed by atoms with Gasteiger partial charge in [-0.2, -0.15) is 8.42 Å². The van der Waals surface area contributed by atoms with E-state index in [1.807, 2.05) is 4.72 Å². The molecule has 1 rings (SSSR count). The fraction of sp³-hybridized carbons (Fsp3) is 0.111. The van der Waals surface area contributed by atoms with Gasteiger partial charge >= 0.3 is 22.3 Å². The molecule has 0 fully saturated rings. The number of nitrogens with one attached hydrogen (secondary N) is 2. The van der Waals surface area contributed by atoms with Crippen LogP contribution in [0, 0.1) is 0 Å². The van der Waals surface area contributed by atoms with Crippen molar-refractivity contribution < 1.29 is 33.0 Å². The van der Waals surface area contributed by atoms with E-state index in [-0.39, 0.29) is 11.3 Å². The smallest absolute Gasteiger partial charge is 0.422 e. The van der Waals surface area contributed by atoms with Crippen molar-refractivity contribution in [1.29, 1.82) is 0 Å². The molecular formula is C9H10N2O7S. The molecule has 0 heterocycles. The predicted octanol–water partition coefficient (Wildman–Crippen LogP) is 0.103. The lowest BCUT2D eigenvalue weighted by Gasteiger charge is -2.10. The number of methoxy groups -OCH3 is 1. The number of carbonyl (C=O) groups excluding carboxylic acids is 1. The molecule has 1 aromatic rings. The maximum absolute atomic E-state index is 11.4. The summed E-state index contributed by atoms with van der Waals surface area (Å²) in [6.07, 6.45) is -1.21. The van der Waals surface area contributed by atoms with Crippen molar-refractivity contribution in [3.63, 3.8) is 0 Å². The molecule has 0 aromatic heterocycles. The third-order valence-electron chi connectivity index (χ3n) is 1.89. The van der Waals surface area contributed by atoms with Crippen LogP contribution in [-0.4, -0.2) is 37.8 Å². The normalized spacial score (nSPS) is 10.6. The van der Waals surface area contributed by atoms with E-state index in [4.69, 9.17) is 5.11 Å². The second-order valence-corrected chi connectivity index (χ2v) is 4.65. The Morgan fingerprint density at radius 2 is 1.95 bits per heavy atom. The van der Waals surface area contributed by atoms with Crippen molar-refractivity contribution >= 4 is 28.0 Å². The Morgan fingerprint density at radius 3 is 2.42 bits per heavy atom. The van der Waals surface area contributed by atoms with Gasteiger partial charge in [0.05, 0.1) is 18.4 Å². The number of aromatic hydroxyl groups is 1. The number of carboxylic acids is 1. The number of carbonyl (C=O) groups is 2. The van der Waals surface area contributed by atoms with Crippen LogP contribution < -0.4 is 9.44 Å². The minimum Gasteiger partial charge on any atom is -0.506 e. The first-order valence-corrected chi connectivity index (χ1v) is 6.18. The molecule has 9 nitrogen and oxygen atoms in total. The first-order valence-electron chi connectivity index (χ1n) is 4.70. The molecule has 19 heavy (non-hydrogen) atoms. The van der Waals surface area contributed by atoms with Gasteiger partial charge in [-0.15, -0.1) is 0 Å². The van der Waals surface area contributed by atoms with E-state index in [9.17, 15) is 23.1 Å². The largest absolute Gasteiger partial charge is 0.506 e. The highest BCUT2D eigenvalue weighted by atomic mass is 32.2. The molecule has 0 unspecified atom stereocenters. The minimum absolute atomic E-state index is 0.221. The Bertz CT molecular complexity index is 611. The number of ether oxygens (including phenoxy) is 1. The standard InChI is InChI=1S/C9H10N2O7S/c1-18-9(15)11-19(16,17)10-6-3-2-5(8(13)14)4-7(6)12/h2-4,10,12H,1H3,(H,11,15)(H,13,14). The van der Waals surface area contributed by atoms with E-state index in [0.29, 0.717) is 0 Å². The summed E-state index contributed by atoms with van der Waals surface area (Å²) < 4.78 is 30.2. The number of anilines is 1. The minimum atomic E-state index is -4.28. The molecule has 0 saturated heterocycles. The number of hydrogen-bond donors (Lipinski definition) is 4. The van der Waals surface area contributed by atoms with Crippen molar-refractivity contribution in [1.82, 2.24) is 4.72 Å². The molecule has 1 aromatic carbocycles. The Balaban J connectivity index is 2.94. The third kappa shape index (κ3) is 4.03. The molecule has 0 aliphatic heterocycles. The van der Waals surface area contributed by atoms with E-state index in [1.165, 1.54) is 4.72 Å². The fourth-order valence-electron chi connectivity index (χ4n) is 1.07. The molecule has 4 N–H and O–H groups in total. The number of benzene rings is 1. The zero-order valence-corrected chi connectivity index (χ0v) is 10.4. The maximum Gasteiger partial charge on any atom is 0.422 e. The Hall–Kier alpha value is -2.49. The first kappa shape index (κ1) is 14.6. The molecule has 0 spiro atoms. The molecule has 0 saturated carbocycles. The number of carboxylic acid groups (broad SMARTS) is 1. The van der Waals surface area contributed by atoms with Crippen LogP contribution in [0.4, 0.5) is 10.5 Å². The van der Waals surface area contributed by atoms with Gasteiger partial charge in [0.25, 0.3) is 0 Å². The summed E-state index contributed by atoms with van der Waals surface area (Å²) in [6.45, 7) is 0. The summed E-state index contributed by atoms with van der Waals surface area (Å²) in [6, 6.07) is 2.98. The molecule has 10 heteroatoms. The molecular weight excluding hydrogens is 280 g/mol. The number of hydrogen-bond acceptors (Lipinski definition) is 6. The average Bonchev–Trinajstić information content (AvgIpc) is 2.30. The molecule has 0 radical (unpaired) electrons. The Morgan fingerprint density at radius 1 is 1.32 bits per heavy atom. The highest BCUT2D eigenvalue weighted by Gasteiger charge is 2.17. The van der Waals surface area contributed by atoms with Crippen molar-refractivity contribution in [3.05, 3.63) is 23.8 Å². The number of amides is 1. The average molecular weight is 290 g/mol. The van der Waals surface area contributed by atoms with E-state index < -0.39 is 28.0 Å². The first-order chi connectivity index (χ1) is 8.75. The van der Waals surface area contributed by atoms with Crippen molar-refractivity contribution in [3.8, 4) is 5.75 Å². The lowest BCUT2D eigenvalue weighted by molar-refractivity contribution is 0.0696.